The van der Waals surface area contributed by atoms with Gasteiger partial charge < -0.3 is 4.74 Å². The third-order valence-corrected chi connectivity index (χ3v) is 2.52. The second-order valence-corrected chi connectivity index (χ2v) is 4.16. The average molecular weight is 378 g/mol. The Bertz CT molecular complexity index is 483. The number of pyridine rings is 1. The highest BCUT2D eigenvalue weighted by atomic mass is 127. The van der Waals surface area contributed by atoms with Crippen LogP contribution >= 0.6 is 22.6 Å². The van der Waals surface area contributed by atoms with E-state index < -0.39 is 36.3 Å². The third-order valence-electron chi connectivity index (χ3n) is 1.75. The molecule has 0 aliphatic rings. The molecule has 0 bridgehead atoms. The van der Waals surface area contributed by atoms with Crippen molar-refractivity contribution in [2.45, 2.75) is 19.2 Å². The van der Waals surface area contributed by atoms with Crippen LogP contribution < -0.4 is 4.74 Å². The van der Waals surface area contributed by atoms with Gasteiger partial charge in [0.15, 0.2) is 0 Å². The van der Waals surface area contributed by atoms with E-state index in [0.717, 1.165) is 6.07 Å². The first-order valence-corrected chi connectivity index (χ1v) is 5.42. The van der Waals surface area contributed by atoms with E-state index in [-0.39, 0.29) is 3.57 Å². The van der Waals surface area contributed by atoms with E-state index in [1.54, 1.807) is 6.07 Å². The first-order valence-electron chi connectivity index (χ1n) is 4.34. The number of hydrogen-bond donors (Lipinski definition) is 0. The van der Waals surface area contributed by atoms with Gasteiger partial charge in [-0.15, -0.1) is 13.2 Å². The molecule has 0 N–H and O–H groups in total. The molecular formula is C9H4F5IN2O. The summed E-state index contributed by atoms with van der Waals surface area (Å²) in [7, 11) is 0. The minimum absolute atomic E-state index is 0.207. The van der Waals surface area contributed by atoms with Crippen molar-refractivity contribution in [1.82, 2.24) is 4.98 Å². The van der Waals surface area contributed by atoms with Gasteiger partial charge in [-0.3, -0.25) is 0 Å². The van der Waals surface area contributed by atoms with Gasteiger partial charge in [-0.25, -0.2) is 13.8 Å². The Morgan fingerprint density at radius 1 is 1.44 bits per heavy atom. The van der Waals surface area contributed by atoms with E-state index in [0.29, 0.717) is 0 Å². The Morgan fingerprint density at radius 2 is 2.06 bits per heavy atom. The average Bonchev–Trinajstić information content (AvgIpc) is 2.20. The van der Waals surface area contributed by atoms with Crippen molar-refractivity contribution < 1.29 is 26.7 Å². The van der Waals surface area contributed by atoms with Crippen molar-refractivity contribution in [1.29, 1.82) is 5.26 Å². The van der Waals surface area contributed by atoms with Gasteiger partial charge in [0.2, 0.25) is 5.88 Å². The van der Waals surface area contributed by atoms with E-state index in [9.17, 15) is 22.0 Å². The van der Waals surface area contributed by atoms with Crippen molar-refractivity contribution in [3.8, 4) is 11.9 Å². The summed E-state index contributed by atoms with van der Waals surface area (Å²) < 4.78 is 64.6. The SMILES string of the molecule is N#CCc1nc(OC(F)(F)F)c(I)cc1C(F)F. The Labute approximate surface area is 112 Å². The molecule has 0 amide bonds. The Hall–Kier alpha value is -1.18. The lowest BCUT2D eigenvalue weighted by atomic mass is 10.1. The molecule has 18 heavy (non-hydrogen) atoms. The maximum absolute atomic E-state index is 12.6. The molecule has 3 nitrogen and oxygen atoms in total. The van der Waals surface area contributed by atoms with E-state index >= 15 is 0 Å². The molecular weight excluding hydrogens is 374 g/mol. The fourth-order valence-corrected chi connectivity index (χ4v) is 1.67. The van der Waals surface area contributed by atoms with Crippen LogP contribution in [-0.4, -0.2) is 11.3 Å². The number of nitrogens with zero attached hydrogens (tertiary/aromatic N) is 2. The first-order chi connectivity index (χ1) is 8.24. The molecule has 1 heterocycles. The van der Waals surface area contributed by atoms with Gasteiger partial charge in [0, 0.05) is 5.56 Å². The lowest BCUT2D eigenvalue weighted by Gasteiger charge is -2.12. The summed E-state index contributed by atoms with van der Waals surface area (Å²) in [5.41, 5.74) is -0.998. The van der Waals surface area contributed by atoms with Gasteiger partial charge in [0.1, 0.15) is 0 Å². The van der Waals surface area contributed by atoms with Crippen LogP contribution in [0.2, 0.25) is 0 Å². The van der Waals surface area contributed by atoms with Crippen molar-refractivity contribution in [3.63, 3.8) is 0 Å². The van der Waals surface area contributed by atoms with E-state index in [1.807, 2.05) is 0 Å². The van der Waals surface area contributed by atoms with Crippen LogP contribution in [0.4, 0.5) is 22.0 Å². The molecule has 0 aliphatic carbocycles. The minimum atomic E-state index is -4.97. The lowest BCUT2D eigenvalue weighted by Crippen LogP contribution is -2.19. The number of rotatable bonds is 3. The third kappa shape index (κ3) is 3.94. The van der Waals surface area contributed by atoms with Gasteiger partial charge >= 0.3 is 6.36 Å². The molecule has 1 aromatic rings. The van der Waals surface area contributed by atoms with Crippen LogP contribution in [0.5, 0.6) is 5.88 Å². The van der Waals surface area contributed by atoms with Crippen molar-refractivity contribution in [3.05, 3.63) is 20.9 Å². The van der Waals surface area contributed by atoms with Crippen LogP contribution in [0.3, 0.4) is 0 Å². The lowest BCUT2D eigenvalue weighted by molar-refractivity contribution is -0.276. The minimum Gasteiger partial charge on any atom is -0.387 e. The predicted molar refractivity (Wildman–Crippen MR) is 57.9 cm³/mol. The zero-order chi connectivity index (χ0) is 13.9. The molecule has 0 aliphatic heterocycles. The highest BCUT2D eigenvalue weighted by Gasteiger charge is 2.33. The Morgan fingerprint density at radius 3 is 2.50 bits per heavy atom. The maximum atomic E-state index is 12.6. The fourth-order valence-electron chi connectivity index (χ4n) is 1.11. The van der Waals surface area contributed by atoms with E-state index in [2.05, 4.69) is 9.72 Å². The first kappa shape index (κ1) is 14.9. The van der Waals surface area contributed by atoms with E-state index in [4.69, 9.17) is 5.26 Å². The smallest absolute Gasteiger partial charge is 0.387 e. The largest absolute Gasteiger partial charge is 0.574 e. The molecule has 0 radical (unpaired) electrons. The van der Waals surface area contributed by atoms with Crippen LogP contribution in [0.25, 0.3) is 0 Å². The molecule has 98 valence electrons. The molecule has 0 atom stereocenters. The van der Waals surface area contributed by atoms with Crippen LogP contribution in [-0.2, 0) is 6.42 Å². The number of halogens is 6. The summed E-state index contributed by atoms with van der Waals surface area (Å²) in [6, 6.07) is 2.38. The van der Waals surface area contributed by atoms with Crippen LogP contribution in [0, 0.1) is 14.9 Å². The van der Waals surface area contributed by atoms with Gasteiger partial charge in [-0.05, 0) is 28.7 Å². The van der Waals surface area contributed by atoms with Crippen molar-refractivity contribution in [2.24, 2.45) is 0 Å². The molecule has 0 unspecified atom stereocenters. The summed E-state index contributed by atoms with van der Waals surface area (Å²) in [6.07, 6.45) is -8.41. The zero-order valence-corrected chi connectivity index (χ0v) is 10.6. The topological polar surface area (TPSA) is 45.9 Å². The number of hydrogen-bond acceptors (Lipinski definition) is 3. The van der Waals surface area contributed by atoms with Gasteiger partial charge in [-0.2, -0.15) is 5.26 Å². The highest BCUT2D eigenvalue weighted by Crippen LogP contribution is 2.31. The van der Waals surface area contributed by atoms with Gasteiger partial charge in [0.25, 0.3) is 6.43 Å². The fraction of sp³-hybridized carbons (Fsp3) is 0.333. The molecule has 1 aromatic heterocycles. The van der Waals surface area contributed by atoms with Gasteiger partial charge in [0.05, 0.1) is 21.8 Å². The summed E-state index contributed by atoms with van der Waals surface area (Å²) in [4.78, 5) is 3.32. The quantitative estimate of drug-likeness (QED) is 0.597. The van der Waals surface area contributed by atoms with Gasteiger partial charge in [-0.1, -0.05) is 0 Å². The zero-order valence-electron chi connectivity index (χ0n) is 8.43. The monoisotopic (exact) mass is 378 g/mol. The summed E-state index contributed by atoms with van der Waals surface area (Å²) in [5.74, 6) is -0.835. The maximum Gasteiger partial charge on any atom is 0.574 e. The van der Waals surface area contributed by atoms with Crippen LogP contribution in [0.15, 0.2) is 6.07 Å². The molecule has 1 rings (SSSR count). The number of ether oxygens (including phenoxy) is 1. The molecule has 0 spiro atoms. The second kappa shape index (κ2) is 5.64. The molecule has 0 aromatic carbocycles. The normalized spacial score (nSPS) is 11.4. The number of alkyl halides is 5. The summed E-state index contributed by atoms with van der Waals surface area (Å²) in [5, 5.41) is 8.42. The standard InChI is InChI=1S/C9H4F5IN2O/c10-7(11)4-3-5(15)8(18-9(12,13)14)17-6(4)1-2-16/h3,7H,1H2. The summed E-state index contributed by atoms with van der Waals surface area (Å²) in [6.45, 7) is 0. The number of aromatic nitrogens is 1. The molecule has 0 saturated heterocycles. The Kier molecular flexibility index (Phi) is 4.66. The summed E-state index contributed by atoms with van der Waals surface area (Å²) >= 11 is 1.40. The van der Waals surface area contributed by atoms with E-state index in [1.165, 1.54) is 22.6 Å². The van der Waals surface area contributed by atoms with Crippen molar-refractivity contribution >= 4 is 22.6 Å². The van der Waals surface area contributed by atoms with Crippen LogP contribution in [0.1, 0.15) is 17.7 Å². The van der Waals surface area contributed by atoms with Crippen molar-refractivity contribution in [2.75, 3.05) is 0 Å². The Balaban J connectivity index is 3.23. The molecule has 0 fully saturated rings. The molecule has 0 saturated carbocycles. The number of nitriles is 1. The molecule has 9 heteroatoms. The predicted octanol–water partition coefficient (Wildman–Crippen LogP) is 3.59. The second-order valence-electron chi connectivity index (χ2n) is 2.99. The highest BCUT2D eigenvalue weighted by molar-refractivity contribution is 14.1.